The SMILES string of the molecule is O=C(c1ccc2c(c1)CCO2)N1CCN(c2cccc(Cl)c2)CC1. The van der Waals surface area contributed by atoms with E-state index >= 15 is 0 Å². The van der Waals surface area contributed by atoms with Crippen LogP contribution in [0.3, 0.4) is 0 Å². The first-order valence-corrected chi connectivity index (χ1v) is 8.64. The van der Waals surface area contributed by atoms with Crippen LogP contribution in [0.1, 0.15) is 15.9 Å². The van der Waals surface area contributed by atoms with Crippen molar-refractivity contribution in [3.63, 3.8) is 0 Å². The molecule has 124 valence electrons. The van der Waals surface area contributed by atoms with Gasteiger partial charge in [0.2, 0.25) is 0 Å². The fourth-order valence-corrected chi connectivity index (χ4v) is 3.53. The van der Waals surface area contributed by atoms with E-state index in [0.717, 1.165) is 60.2 Å². The second kappa shape index (κ2) is 6.36. The number of hydrogen-bond acceptors (Lipinski definition) is 3. The molecule has 0 aliphatic carbocycles. The number of halogens is 1. The first kappa shape index (κ1) is 15.3. The van der Waals surface area contributed by atoms with Gasteiger partial charge in [-0.15, -0.1) is 0 Å². The summed E-state index contributed by atoms with van der Waals surface area (Å²) in [5.74, 6) is 1.02. The van der Waals surface area contributed by atoms with Crippen molar-refractivity contribution in [1.82, 2.24) is 4.90 Å². The van der Waals surface area contributed by atoms with Gasteiger partial charge in [-0.1, -0.05) is 17.7 Å². The average molecular weight is 343 g/mol. The molecule has 2 aromatic carbocycles. The predicted octanol–water partition coefficient (Wildman–Crippen LogP) is 3.24. The summed E-state index contributed by atoms with van der Waals surface area (Å²) < 4.78 is 5.51. The largest absolute Gasteiger partial charge is 0.493 e. The Morgan fingerprint density at radius 1 is 1.04 bits per heavy atom. The van der Waals surface area contributed by atoms with Crippen molar-refractivity contribution in [1.29, 1.82) is 0 Å². The Hall–Kier alpha value is -2.20. The van der Waals surface area contributed by atoms with Crippen molar-refractivity contribution >= 4 is 23.2 Å². The maximum atomic E-state index is 12.7. The van der Waals surface area contributed by atoms with Crippen LogP contribution in [0, 0.1) is 0 Å². The fraction of sp³-hybridized carbons (Fsp3) is 0.316. The maximum absolute atomic E-state index is 12.7. The number of carbonyl (C=O) groups excluding carboxylic acids is 1. The van der Waals surface area contributed by atoms with E-state index in [4.69, 9.17) is 16.3 Å². The zero-order valence-corrected chi connectivity index (χ0v) is 14.1. The number of benzene rings is 2. The van der Waals surface area contributed by atoms with Gasteiger partial charge in [-0.3, -0.25) is 4.79 Å². The monoisotopic (exact) mass is 342 g/mol. The second-order valence-corrected chi connectivity index (χ2v) is 6.62. The van der Waals surface area contributed by atoms with E-state index in [2.05, 4.69) is 11.0 Å². The van der Waals surface area contributed by atoms with Crippen molar-refractivity contribution in [3.8, 4) is 5.75 Å². The van der Waals surface area contributed by atoms with Gasteiger partial charge >= 0.3 is 0 Å². The van der Waals surface area contributed by atoms with E-state index in [1.54, 1.807) is 0 Å². The van der Waals surface area contributed by atoms with Crippen LogP contribution < -0.4 is 9.64 Å². The molecule has 24 heavy (non-hydrogen) atoms. The zero-order chi connectivity index (χ0) is 16.5. The summed E-state index contributed by atoms with van der Waals surface area (Å²) in [6.45, 7) is 3.80. The predicted molar refractivity (Wildman–Crippen MR) is 95.2 cm³/mol. The molecular formula is C19H19ClN2O2. The molecule has 2 aliphatic heterocycles. The molecule has 0 aromatic heterocycles. The second-order valence-electron chi connectivity index (χ2n) is 6.18. The number of fused-ring (bicyclic) bond motifs is 1. The lowest BCUT2D eigenvalue weighted by atomic mass is 10.1. The van der Waals surface area contributed by atoms with Crippen LogP contribution in [0.15, 0.2) is 42.5 Å². The van der Waals surface area contributed by atoms with E-state index in [-0.39, 0.29) is 5.91 Å². The summed E-state index contributed by atoms with van der Waals surface area (Å²) in [6.07, 6.45) is 0.888. The summed E-state index contributed by atoms with van der Waals surface area (Å²) in [6, 6.07) is 13.6. The molecule has 5 heteroatoms. The Balaban J connectivity index is 1.43. The summed E-state index contributed by atoms with van der Waals surface area (Å²) in [7, 11) is 0. The Bertz CT molecular complexity index is 770. The summed E-state index contributed by atoms with van der Waals surface area (Å²) in [4.78, 5) is 16.9. The normalized spacial score (nSPS) is 16.7. The van der Waals surface area contributed by atoms with Gasteiger partial charge in [0, 0.05) is 48.9 Å². The molecule has 0 radical (unpaired) electrons. The average Bonchev–Trinajstić information content (AvgIpc) is 3.09. The minimum atomic E-state index is 0.107. The van der Waals surface area contributed by atoms with E-state index < -0.39 is 0 Å². The number of carbonyl (C=O) groups is 1. The third-order valence-electron chi connectivity index (χ3n) is 4.68. The first-order valence-electron chi connectivity index (χ1n) is 8.26. The number of amides is 1. The lowest BCUT2D eigenvalue weighted by Crippen LogP contribution is -2.48. The molecule has 1 amide bonds. The molecule has 0 atom stereocenters. The van der Waals surface area contributed by atoms with Crippen molar-refractivity contribution in [2.45, 2.75) is 6.42 Å². The van der Waals surface area contributed by atoms with Gasteiger partial charge in [-0.05, 0) is 42.0 Å². The quantitative estimate of drug-likeness (QED) is 0.840. The van der Waals surface area contributed by atoms with Gasteiger partial charge in [0.25, 0.3) is 5.91 Å². The summed E-state index contributed by atoms with van der Waals surface area (Å²) in [5, 5.41) is 0.742. The lowest BCUT2D eigenvalue weighted by Gasteiger charge is -2.36. The minimum Gasteiger partial charge on any atom is -0.493 e. The molecule has 0 unspecified atom stereocenters. The lowest BCUT2D eigenvalue weighted by molar-refractivity contribution is 0.0746. The highest BCUT2D eigenvalue weighted by atomic mass is 35.5. The minimum absolute atomic E-state index is 0.107. The third kappa shape index (κ3) is 2.94. The van der Waals surface area contributed by atoms with E-state index in [1.165, 1.54) is 0 Å². The molecule has 1 fully saturated rings. The van der Waals surface area contributed by atoms with E-state index in [1.807, 2.05) is 41.3 Å². The number of hydrogen-bond donors (Lipinski definition) is 0. The van der Waals surface area contributed by atoms with Crippen LogP contribution in [-0.4, -0.2) is 43.6 Å². The Morgan fingerprint density at radius 2 is 1.88 bits per heavy atom. The molecule has 4 rings (SSSR count). The molecule has 2 aromatic rings. The van der Waals surface area contributed by atoms with Gasteiger partial charge in [0.15, 0.2) is 0 Å². The number of nitrogens with zero attached hydrogens (tertiary/aromatic N) is 2. The van der Waals surface area contributed by atoms with Gasteiger partial charge < -0.3 is 14.5 Å². The third-order valence-corrected chi connectivity index (χ3v) is 4.91. The Kier molecular flexibility index (Phi) is 4.07. The van der Waals surface area contributed by atoms with Crippen LogP contribution >= 0.6 is 11.6 Å². The summed E-state index contributed by atoms with van der Waals surface area (Å²) in [5.41, 5.74) is 3.01. The zero-order valence-electron chi connectivity index (χ0n) is 13.4. The highest BCUT2D eigenvalue weighted by Gasteiger charge is 2.23. The van der Waals surface area contributed by atoms with Crippen LogP contribution in [0.25, 0.3) is 0 Å². The van der Waals surface area contributed by atoms with Gasteiger partial charge in [0.1, 0.15) is 5.75 Å². The molecular weight excluding hydrogens is 324 g/mol. The molecule has 2 aliphatic rings. The number of piperazine rings is 1. The van der Waals surface area contributed by atoms with E-state index in [9.17, 15) is 4.79 Å². The molecule has 0 saturated carbocycles. The maximum Gasteiger partial charge on any atom is 0.253 e. The van der Waals surface area contributed by atoms with Crippen molar-refractivity contribution in [2.75, 3.05) is 37.7 Å². The molecule has 0 N–H and O–H groups in total. The van der Waals surface area contributed by atoms with Crippen molar-refractivity contribution in [2.24, 2.45) is 0 Å². The van der Waals surface area contributed by atoms with Crippen molar-refractivity contribution in [3.05, 3.63) is 58.6 Å². The highest BCUT2D eigenvalue weighted by molar-refractivity contribution is 6.30. The topological polar surface area (TPSA) is 32.8 Å². The van der Waals surface area contributed by atoms with Crippen LogP contribution in [0.5, 0.6) is 5.75 Å². The molecule has 1 saturated heterocycles. The van der Waals surface area contributed by atoms with Crippen molar-refractivity contribution < 1.29 is 9.53 Å². The highest BCUT2D eigenvalue weighted by Crippen LogP contribution is 2.27. The fourth-order valence-electron chi connectivity index (χ4n) is 3.34. The molecule has 4 nitrogen and oxygen atoms in total. The number of ether oxygens (including phenoxy) is 1. The Labute approximate surface area is 146 Å². The smallest absolute Gasteiger partial charge is 0.253 e. The summed E-state index contributed by atoms with van der Waals surface area (Å²) >= 11 is 6.07. The van der Waals surface area contributed by atoms with Gasteiger partial charge in [0.05, 0.1) is 6.61 Å². The Morgan fingerprint density at radius 3 is 2.67 bits per heavy atom. The molecule has 0 bridgehead atoms. The first-order chi connectivity index (χ1) is 11.7. The van der Waals surface area contributed by atoms with Gasteiger partial charge in [-0.25, -0.2) is 0 Å². The number of anilines is 1. The van der Waals surface area contributed by atoms with Crippen LogP contribution in [0.2, 0.25) is 5.02 Å². The van der Waals surface area contributed by atoms with Gasteiger partial charge in [-0.2, -0.15) is 0 Å². The van der Waals surface area contributed by atoms with Crippen LogP contribution in [0.4, 0.5) is 5.69 Å². The number of rotatable bonds is 2. The molecule has 2 heterocycles. The molecule has 0 spiro atoms. The van der Waals surface area contributed by atoms with E-state index in [0.29, 0.717) is 6.61 Å². The van der Waals surface area contributed by atoms with Crippen LogP contribution in [-0.2, 0) is 6.42 Å². The standard InChI is InChI=1S/C19H19ClN2O2/c20-16-2-1-3-17(13-16)21-7-9-22(10-8-21)19(23)15-4-5-18-14(12-15)6-11-24-18/h1-5,12-13H,6-11H2.